The van der Waals surface area contributed by atoms with Gasteiger partial charge in [0, 0.05) is 50.9 Å². The van der Waals surface area contributed by atoms with Crippen LogP contribution in [0, 0.1) is 0 Å². The maximum absolute atomic E-state index is 0. The normalized spacial score (nSPS) is 0. The van der Waals surface area contributed by atoms with Crippen molar-refractivity contribution in [1.82, 2.24) is 0 Å². The molecule has 0 aliphatic rings. The van der Waals surface area contributed by atoms with Gasteiger partial charge < -0.3 is 0 Å². The zero-order chi connectivity index (χ0) is 0. The molecular weight excluding hydrogens is 178 g/mol. The van der Waals surface area contributed by atoms with E-state index in [4.69, 9.17) is 0 Å². The Morgan fingerprint density at radius 3 is 1.00 bits per heavy atom. The zero-order valence-electron chi connectivity index (χ0n) is 1.10. The molecule has 3 heteroatoms. The summed E-state index contributed by atoms with van der Waals surface area (Å²) in [6.07, 6.45) is 0. The topological polar surface area (TPSA) is 0 Å². The molecule has 0 nitrogen and oxygen atoms in total. The van der Waals surface area contributed by atoms with Crippen LogP contribution in [0.4, 0.5) is 0 Å². The van der Waals surface area contributed by atoms with Gasteiger partial charge in [0.1, 0.15) is 0 Å². The molecule has 0 unspecified atom stereocenters. The van der Waals surface area contributed by atoms with E-state index in [0.717, 1.165) is 0 Å². The molecule has 0 aromatic rings. The first kappa shape index (κ1) is 48.0. The molecule has 4 heavy (non-hydrogen) atoms. The Morgan fingerprint density at radius 2 is 1.00 bits per heavy atom. The van der Waals surface area contributed by atoms with Gasteiger partial charge in [0.2, 0.25) is 0 Å². The Labute approximate surface area is 58.3 Å². The maximum Gasteiger partial charge on any atom is 0 e. The van der Waals surface area contributed by atoms with Crippen molar-refractivity contribution in [2.45, 2.75) is 7.43 Å². The van der Waals surface area contributed by atoms with Gasteiger partial charge in [-0.25, -0.2) is 0 Å². The summed E-state index contributed by atoms with van der Waals surface area (Å²) in [6.45, 7) is 0. The van der Waals surface area contributed by atoms with E-state index in [0.29, 0.717) is 0 Å². The number of rotatable bonds is 0. The van der Waals surface area contributed by atoms with Crippen molar-refractivity contribution in [3.8, 4) is 0 Å². The van der Waals surface area contributed by atoms with Crippen LogP contribution in [0.2, 0.25) is 0 Å². The molecule has 0 rings (SSSR count). The van der Waals surface area contributed by atoms with Gasteiger partial charge in [-0.3, -0.25) is 0 Å². The van der Waals surface area contributed by atoms with Crippen molar-refractivity contribution < 1.29 is 50.9 Å². The van der Waals surface area contributed by atoms with Crippen molar-refractivity contribution in [2.75, 3.05) is 0 Å². The SMILES string of the molecule is C.[Cr].[Mn].[Ni]. The monoisotopic (exact) mass is 181 g/mol. The van der Waals surface area contributed by atoms with E-state index in [1.165, 1.54) is 0 Å². The third kappa shape index (κ3) is 9.62. The average Bonchev–Trinajstić information content (AvgIpc) is 0. The van der Waals surface area contributed by atoms with E-state index >= 15 is 0 Å². The molecule has 31 valence electrons. The van der Waals surface area contributed by atoms with Crippen molar-refractivity contribution in [2.24, 2.45) is 0 Å². The van der Waals surface area contributed by atoms with Gasteiger partial charge in [0.05, 0.1) is 0 Å². The summed E-state index contributed by atoms with van der Waals surface area (Å²) in [5.74, 6) is 0. The van der Waals surface area contributed by atoms with E-state index in [9.17, 15) is 0 Å². The summed E-state index contributed by atoms with van der Waals surface area (Å²) in [5.41, 5.74) is 0. The van der Waals surface area contributed by atoms with E-state index in [2.05, 4.69) is 0 Å². The first-order valence-corrected chi connectivity index (χ1v) is 0. The van der Waals surface area contributed by atoms with E-state index in [-0.39, 0.29) is 58.3 Å². The quantitative estimate of drug-likeness (QED) is 0.481. The molecule has 0 atom stereocenters. The number of hydrogen-bond acceptors (Lipinski definition) is 0. The van der Waals surface area contributed by atoms with Crippen LogP contribution < -0.4 is 0 Å². The Morgan fingerprint density at radius 1 is 1.00 bits per heavy atom. The van der Waals surface area contributed by atoms with Crippen LogP contribution in [0.25, 0.3) is 0 Å². The second-order valence-electron chi connectivity index (χ2n) is 0. The first-order chi connectivity index (χ1) is 0. The van der Waals surface area contributed by atoms with Gasteiger partial charge in [0.25, 0.3) is 0 Å². The van der Waals surface area contributed by atoms with Gasteiger partial charge in [-0.05, 0) is 0 Å². The molecule has 0 fully saturated rings. The predicted molar refractivity (Wildman–Crippen MR) is 6.73 cm³/mol. The minimum absolute atomic E-state index is 0. The molecule has 0 aromatic heterocycles. The second-order valence-corrected chi connectivity index (χ2v) is 0. The summed E-state index contributed by atoms with van der Waals surface area (Å²) < 4.78 is 0. The molecule has 0 saturated heterocycles. The van der Waals surface area contributed by atoms with Crippen LogP contribution >= 0.6 is 0 Å². The van der Waals surface area contributed by atoms with Crippen LogP contribution in [0.5, 0.6) is 0 Å². The Bertz CT molecular complexity index is 8.00. The minimum Gasteiger partial charge on any atom is -0.0776 e. The molecule has 0 N–H and O–H groups in total. The van der Waals surface area contributed by atoms with Crippen molar-refractivity contribution in [3.63, 3.8) is 0 Å². The molecular formula is CH4CrMnNi. The fraction of sp³-hybridized carbons (Fsp3) is 1.00. The third-order valence-corrected chi connectivity index (χ3v) is 0. The summed E-state index contributed by atoms with van der Waals surface area (Å²) in [7, 11) is 0. The molecule has 0 aliphatic carbocycles. The van der Waals surface area contributed by atoms with Crippen molar-refractivity contribution in [1.29, 1.82) is 0 Å². The van der Waals surface area contributed by atoms with Gasteiger partial charge in [-0.2, -0.15) is 0 Å². The molecule has 0 heterocycles. The first-order valence-electron chi connectivity index (χ1n) is 0. The summed E-state index contributed by atoms with van der Waals surface area (Å²) in [6, 6.07) is 0. The van der Waals surface area contributed by atoms with Gasteiger partial charge in [-0.1, -0.05) is 7.43 Å². The van der Waals surface area contributed by atoms with Crippen LogP contribution in [-0.4, -0.2) is 0 Å². The molecule has 1 radical (unpaired) electrons. The largest absolute Gasteiger partial charge is 0.0776 e. The Balaban J connectivity index is 0. The standard InChI is InChI=1S/CH4.Cr.Mn.Ni/h1H4;;;. The summed E-state index contributed by atoms with van der Waals surface area (Å²) in [4.78, 5) is 0. The van der Waals surface area contributed by atoms with Crippen molar-refractivity contribution >= 4 is 0 Å². The average molecular weight is 182 g/mol. The van der Waals surface area contributed by atoms with Gasteiger partial charge in [-0.15, -0.1) is 0 Å². The summed E-state index contributed by atoms with van der Waals surface area (Å²) in [5, 5.41) is 0. The Hall–Kier alpha value is 1.55. The molecule has 0 bridgehead atoms. The van der Waals surface area contributed by atoms with Crippen LogP contribution in [0.3, 0.4) is 0 Å². The predicted octanol–water partition coefficient (Wildman–Crippen LogP) is 0.629. The molecule has 0 spiro atoms. The molecule has 0 aromatic carbocycles. The summed E-state index contributed by atoms with van der Waals surface area (Å²) >= 11 is 0. The third-order valence-electron chi connectivity index (χ3n) is 0. The molecule has 0 amide bonds. The van der Waals surface area contributed by atoms with E-state index in [1.54, 1.807) is 0 Å². The zero-order valence-corrected chi connectivity index (χ0v) is 4.55. The van der Waals surface area contributed by atoms with Crippen LogP contribution in [-0.2, 0) is 50.9 Å². The van der Waals surface area contributed by atoms with Crippen LogP contribution in [0.15, 0.2) is 0 Å². The maximum atomic E-state index is 0. The van der Waals surface area contributed by atoms with Crippen molar-refractivity contribution in [3.05, 3.63) is 0 Å². The fourth-order valence-corrected chi connectivity index (χ4v) is 0. The molecule has 0 saturated carbocycles. The molecule has 0 aliphatic heterocycles. The van der Waals surface area contributed by atoms with Gasteiger partial charge >= 0.3 is 0 Å². The van der Waals surface area contributed by atoms with E-state index < -0.39 is 0 Å². The Kier molecular flexibility index (Phi) is 287. The smallest absolute Gasteiger partial charge is 0 e. The second kappa shape index (κ2) is 23.9. The van der Waals surface area contributed by atoms with E-state index in [1.807, 2.05) is 0 Å². The minimum atomic E-state index is 0. The van der Waals surface area contributed by atoms with Crippen LogP contribution in [0.1, 0.15) is 7.43 Å². The van der Waals surface area contributed by atoms with Gasteiger partial charge in [0.15, 0.2) is 0 Å². The fourth-order valence-electron chi connectivity index (χ4n) is 0. The number of hydrogen-bond donors (Lipinski definition) is 0.